The molecule has 0 amide bonds. The molecule has 1 unspecified atom stereocenters. The summed E-state index contributed by atoms with van der Waals surface area (Å²) in [7, 11) is 0. The molecule has 2 heterocycles. The monoisotopic (exact) mass is 497 g/mol. The van der Waals surface area contributed by atoms with Crippen LogP contribution in [0.25, 0.3) is 0 Å². The van der Waals surface area contributed by atoms with E-state index < -0.39 is 5.60 Å². The molecule has 0 radical (unpaired) electrons. The average molecular weight is 498 g/mol. The van der Waals surface area contributed by atoms with Crippen molar-refractivity contribution in [1.82, 2.24) is 4.90 Å². The zero-order valence-corrected chi connectivity index (χ0v) is 22.4. The van der Waals surface area contributed by atoms with E-state index in [1.807, 2.05) is 48.5 Å². The largest absolute Gasteiger partial charge is 0.488 e. The van der Waals surface area contributed by atoms with Crippen molar-refractivity contribution in [2.75, 3.05) is 19.6 Å². The van der Waals surface area contributed by atoms with Gasteiger partial charge in [-0.3, -0.25) is 4.79 Å². The first-order valence-corrected chi connectivity index (χ1v) is 13.7. The van der Waals surface area contributed by atoms with E-state index in [4.69, 9.17) is 4.74 Å². The van der Waals surface area contributed by atoms with Crippen LogP contribution in [0.5, 0.6) is 5.75 Å². The van der Waals surface area contributed by atoms with Gasteiger partial charge in [-0.1, -0.05) is 87.5 Å². The molecule has 3 aromatic rings. The molecule has 1 atom stereocenters. The summed E-state index contributed by atoms with van der Waals surface area (Å²) in [5, 5.41) is 12.4. The number of carbonyl (C=O) groups excluding carboxylic acids is 1. The molecule has 0 spiro atoms. The predicted molar refractivity (Wildman–Crippen MR) is 148 cm³/mol. The Morgan fingerprint density at radius 1 is 0.946 bits per heavy atom. The third-order valence-corrected chi connectivity index (χ3v) is 8.24. The van der Waals surface area contributed by atoms with Crippen LogP contribution in [0.1, 0.15) is 79.1 Å². The van der Waals surface area contributed by atoms with E-state index >= 15 is 0 Å². The predicted octanol–water partition coefficient (Wildman–Crippen LogP) is 6.49. The van der Waals surface area contributed by atoms with Crippen LogP contribution in [0.4, 0.5) is 0 Å². The van der Waals surface area contributed by atoms with Gasteiger partial charge in [-0.25, -0.2) is 0 Å². The summed E-state index contributed by atoms with van der Waals surface area (Å²) in [5.74, 6) is 1.10. The topological polar surface area (TPSA) is 49.8 Å². The van der Waals surface area contributed by atoms with Gasteiger partial charge >= 0.3 is 0 Å². The number of hydrogen-bond donors (Lipinski definition) is 1. The number of ether oxygens (including phenoxy) is 1. The SMILES string of the molecule is CC(C)(C)c1ccc(C(=O)CCCN2CCC(C3(O)c4ccccc4COc4ccccc43)CC2)cc1. The lowest BCUT2D eigenvalue weighted by atomic mass is 9.71. The average Bonchev–Trinajstić information content (AvgIpc) is 3.04. The van der Waals surface area contributed by atoms with Gasteiger partial charge in [0.15, 0.2) is 5.78 Å². The highest BCUT2D eigenvalue weighted by molar-refractivity contribution is 5.96. The van der Waals surface area contributed by atoms with Gasteiger partial charge in [0.25, 0.3) is 0 Å². The second-order valence-corrected chi connectivity index (χ2v) is 11.7. The molecule has 3 aromatic carbocycles. The highest BCUT2D eigenvalue weighted by atomic mass is 16.5. The van der Waals surface area contributed by atoms with E-state index in [-0.39, 0.29) is 17.1 Å². The van der Waals surface area contributed by atoms with Crippen LogP contribution in [0.15, 0.2) is 72.8 Å². The zero-order valence-electron chi connectivity index (χ0n) is 22.4. The highest BCUT2D eigenvalue weighted by Gasteiger charge is 2.45. The van der Waals surface area contributed by atoms with Crippen molar-refractivity contribution >= 4 is 5.78 Å². The molecule has 4 nitrogen and oxygen atoms in total. The first kappa shape index (κ1) is 25.7. The minimum Gasteiger partial charge on any atom is -0.488 e. The zero-order chi connectivity index (χ0) is 26.0. The van der Waals surface area contributed by atoms with Crippen molar-refractivity contribution in [3.8, 4) is 5.75 Å². The molecule has 5 rings (SSSR count). The molecule has 2 aliphatic heterocycles. The maximum atomic E-state index is 12.8. The molecule has 1 N–H and O–H groups in total. The molecule has 4 heteroatoms. The molecule has 1 fully saturated rings. The Labute approximate surface area is 221 Å². The number of aliphatic hydroxyl groups is 1. The van der Waals surface area contributed by atoms with Crippen LogP contribution in [0.3, 0.4) is 0 Å². The van der Waals surface area contributed by atoms with Crippen molar-refractivity contribution in [2.45, 2.75) is 64.1 Å². The molecule has 0 bridgehead atoms. The van der Waals surface area contributed by atoms with E-state index in [0.717, 1.165) is 66.9 Å². The lowest BCUT2D eigenvalue weighted by Crippen LogP contribution is -2.44. The number of hydrogen-bond acceptors (Lipinski definition) is 4. The Kier molecular flexibility index (Phi) is 7.24. The van der Waals surface area contributed by atoms with Crippen molar-refractivity contribution in [3.63, 3.8) is 0 Å². The molecule has 194 valence electrons. The van der Waals surface area contributed by atoms with Crippen molar-refractivity contribution < 1.29 is 14.6 Å². The summed E-state index contributed by atoms with van der Waals surface area (Å²) in [5.41, 5.74) is 3.99. The number of carbonyl (C=O) groups is 1. The summed E-state index contributed by atoms with van der Waals surface area (Å²) in [6, 6.07) is 24.2. The lowest BCUT2D eigenvalue weighted by molar-refractivity contribution is -0.0146. The number of benzene rings is 3. The van der Waals surface area contributed by atoms with Gasteiger partial charge in [0.05, 0.1) is 0 Å². The van der Waals surface area contributed by atoms with Crippen LogP contribution in [-0.4, -0.2) is 35.4 Å². The molecule has 0 aromatic heterocycles. The van der Waals surface area contributed by atoms with Gasteiger partial charge in [-0.15, -0.1) is 0 Å². The van der Waals surface area contributed by atoms with E-state index in [9.17, 15) is 9.90 Å². The number of nitrogens with zero attached hydrogens (tertiary/aromatic N) is 1. The third kappa shape index (κ3) is 5.23. The quantitative estimate of drug-likeness (QED) is 0.396. The fourth-order valence-corrected chi connectivity index (χ4v) is 6.00. The fourth-order valence-electron chi connectivity index (χ4n) is 6.00. The Balaban J connectivity index is 1.21. The van der Waals surface area contributed by atoms with Gasteiger partial charge < -0.3 is 14.7 Å². The molecule has 0 aliphatic carbocycles. The van der Waals surface area contributed by atoms with E-state index in [1.54, 1.807) is 0 Å². The molecular formula is C33H39NO3. The first-order chi connectivity index (χ1) is 17.8. The van der Waals surface area contributed by atoms with Crippen LogP contribution in [0.2, 0.25) is 0 Å². The van der Waals surface area contributed by atoms with Gasteiger partial charge in [-0.2, -0.15) is 0 Å². The Morgan fingerprint density at radius 3 is 2.30 bits per heavy atom. The second kappa shape index (κ2) is 10.4. The van der Waals surface area contributed by atoms with E-state index in [1.165, 1.54) is 5.56 Å². The number of ketones is 1. The van der Waals surface area contributed by atoms with Gasteiger partial charge in [0.1, 0.15) is 18.0 Å². The smallest absolute Gasteiger partial charge is 0.162 e. The number of Topliss-reactive ketones (excluding diaryl/α,β-unsaturated/α-hetero) is 1. The summed E-state index contributed by atoms with van der Waals surface area (Å²) in [6.07, 6.45) is 3.23. The van der Waals surface area contributed by atoms with Crippen LogP contribution in [0, 0.1) is 5.92 Å². The number of rotatable bonds is 6. The number of piperidine rings is 1. The summed E-state index contributed by atoms with van der Waals surface area (Å²) in [6.45, 7) is 9.79. The molecular weight excluding hydrogens is 458 g/mol. The normalized spacial score (nSPS) is 20.4. The number of likely N-dealkylation sites (tertiary alicyclic amines) is 1. The summed E-state index contributed by atoms with van der Waals surface area (Å²) < 4.78 is 6.11. The minimum absolute atomic E-state index is 0.0920. The molecule has 2 aliphatic rings. The summed E-state index contributed by atoms with van der Waals surface area (Å²) in [4.78, 5) is 15.2. The van der Waals surface area contributed by atoms with Crippen LogP contribution >= 0.6 is 0 Å². The van der Waals surface area contributed by atoms with E-state index in [0.29, 0.717) is 13.0 Å². The standard InChI is InChI=1S/C33H39NO3/c1-32(2,3)26-16-14-24(15-17-26)30(35)12-8-20-34-21-18-27(19-22-34)33(36)28-10-5-4-9-25(28)23-37-31-13-7-6-11-29(31)33/h4-7,9-11,13-17,27,36H,8,12,18-23H2,1-3H3. The molecule has 1 saturated heterocycles. The molecule has 0 saturated carbocycles. The molecule has 37 heavy (non-hydrogen) atoms. The first-order valence-electron chi connectivity index (χ1n) is 13.7. The third-order valence-electron chi connectivity index (χ3n) is 8.24. The highest BCUT2D eigenvalue weighted by Crippen LogP contribution is 2.48. The maximum Gasteiger partial charge on any atom is 0.162 e. The van der Waals surface area contributed by atoms with Crippen molar-refractivity contribution in [1.29, 1.82) is 0 Å². The maximum absolute atomic E-state index is 12.8. The van der Waals surface area contributed by atoms with Crippen LogP contribution in [-0.2, 0) is 17.6 Å². The number of para-hydroxylation sites is 1. The van der Waals surface area contributed by atoms with Crippen LogP contribution < -0.4 is 4.74 Å². The van der Waals surface area contributed by atoms with Gasteiger partial charge in [0, 0.05) is 17.5 Å². The summed E-state index contributed by atoms with van der Waals surface area (Å²) >= 11 is 0. The van der Waals surface area contributed by atoms with Crippen molar-refractivity contribution in [2.24, 2.45) is 5.92 Å². The van der Waals surface area contributed by atoms with Crippen molar-refractivity contribution in [3.05, 3.63) is 101 Å². The lowest BCUT2D eigenvalue weighted by Gasteiger charge is -2.42. The van der Waals surface area contributed by atoms with Gasteiger partial charge in [0.2, 0.25) is 0 Å². The fraction of sp³-hybridized carbons (Fsp3) is 0.424. The Hall–Kier alpha value is -2.95. The van der Waals surface area contributed by atoms with Gasteiger partial charge in [-0.05, 0) is 73.0 Å². The van der Waals surface area contributed by atoms with E-state index in [2.05, 4.69) is 49.9 Å². The minimum atomic E-state index is -1.06. The Bertz CT molecular complexity index is 1190. The second-order valence-electron chi connectivity index (χ2n) is 11.7. The number of fused-ring (bicyclic) bond motifs is 2. The Morgan fingerprint density at radius 2 is 1.59 bits per heavy atom.